The van der Waals surface area contributed by atoms with Crippen molar-refractivity contribution in [3.05, 3.63) is 179 Å². The minimum Gasteiger partial charge on any atom is -0.307 e. The van der Waals surface area contributed by atoms with Gasteiger partial charge in [0.15, 0.2) is 5.82 Å². The van der Waals surface area contributed by atoms with E-state index in [0.717, 1.165) is 48.5 Å². The smallest absolute Gasteiger partial charge is 0.307 e. The van der Waals surface area contributed by atoms with Gasteiger partial charge in [-0.05, 0) is 91.0 Å². The maximum absolute atomic E-state index is 14.3. The van der Waals surface area contributed by atoms with Crippen LogP contribution in [0.15, 0.2) is 152 Å². The fourth-order valence-electron chi connectivity index (χ4n) is 8.57. The summed E-state index contributed by atoms with van der Waals surface area (Å²) in [5, 5.41) is 9.85. The highest BCUT2D eigenvalue weighted by Crippen LogP contribution is 2.46. The Balaban J connectivity index is 1.38. The summed E-state index contributed by atoms with van der Waals surface area (Å²) in [7, 11) is 0. The summed E-state index contributed by atoms with van der Waals surface area (Å²) in [6.07, 6.45) is -19.8. The van der Waals surface area contributed by atoms with Crippen LogP contribution in [0.25, 0.3) is 88.9 Å². The highest BCUT2D eigenvalue weighted by Gasteiger charge is 2.36. The van der Waals surface area contributed by atoms with Crippen molar-refractivity contribution in [3.63, 3.8) is 0 Å². The fraction of sp³-hybridized carbons (Fsp3) is 0.0784. The predicted molar refractivity (Wildman–Crippen MR) is 232 cm³/mol. The van der Waals surface area contributed by atoms with E-state index in [0.29, 0.717) is 41.1 Å². The molecule has 0 bridgehead atoms. The third-order valence-electron chi connectivity index (χ3n) is 11.7. The summed E-state index contributed by atoms with van der Waals surface area (Å²) < 4.78 is 174. The molecule has 0 aliphatic rings. The number of aromatic nitrogens is 4. The summed E-state index contributed by atoms with van der Waals surface area (Å²) in [5.41, 5.74) is -3.53. The molecule has 0 atom stereocenters. The normalized spacial score (nSPS) is 12.7. The van der Waals surface area contributed by atoms with Gasteiger partial charge in [-0.15, -0.1) is 0 Å². The molecule has 10 aromatic rings. The van der Waals surface area contributed by atoms with Gasteiger partial charge in [0, 0.05) is 38.2 Å². The second-order valence-electron chi connectivity index (χ2n) is 15.8. The van der Waals surface area contributed by atoms with Crippen LogP contribution >= 0.6 is 0 Å². The van der Waals surface area contributed by atoms with Crippen LogP contribution in [-0.4, -0.2) is 19.1 Å². The number of fused-ring (bicyclic) bond motifs is 6. The molecule has 0 N–H and O–H groups in total. The summed E-state index contributed by atoms with van der Waals surface area (Å²) in [6.45, 7) is 0. The van der Waals surface area contributed by atoms with E-state index in [9.17, 15) is 57.9 Å². The quantitative estimate of drug-likeness (QED) is 0.162. The Morgan fingerprint density at radius 3 is 1.10 bits per heavy atom. The average molecular weight is 936 g/mol. The van der Waals surface area contributed by atoms with Crippen molar-refractivity contribution < 1.29 is 52.7 Å². The summed E-state index contributed by atoms with van der Waals surface area (Å²) in [4.78, 5) is 9.64. The number of hydrogen-bond donors (Lipinski definition) is 0. The van der Waals surface area contributed by atoms with Crippen LogP contribution in [0.1, 0.15) is 27.8 Å². The van der Waals surface area contributed by atoms with Gasteiger partial charge in [-0.2, -0.15) is 57.9 Å². The molecule has 3 aromatic heterocycles. The Kier molecular flexibility index (Phi) is 9.96. The lowest BCUT2D eigenvalue weighted by Crippen LogP contribution is -2.08. The Labute approximate surface area is 375 Å². The van der Waals surface area contributed by atoms with Crippen molar-refractivity contribution in [1.29, 1.82) is 5.26 Å². The van der Waals surface area contributed by atoms with Gasteiger partial charge in [0.1, 0.15) is 0 Å². The van der Waals surface area contributed by atoms with Crippen molar-refractivity contribution in [1.82, 2.24) is 19.1 Å². The van der Waals surface area contributed by atoms with Crippen LogP contribution < -0.4 is 0 Å². The van der Waals surface area contributed by atoms with Crippen molar-refractivity contribution in [2.24, 2.45) is 0 Å². The lowest BCUT2D eigenvalue weighted by atomic mass is 10.00. The van der Waals surface area contributed by atoms with E-state index < -0.39 is 47.0 Å². The third kappa shape index (κ3) is 7.51. The van der Waals surface area contributed by atoms with Crippen molar-refractivity contribution in [3.8, 4) is 51.3 Å². The number of nitrogens with zero attached hydrogens (tertiary/aromatic N) is 5. The first-order chi connectivity index (χ1) is 32.2. The lowest BCUT2D eigenvalue weighted by molar-refractivity contribution is -0.138. The van der Waals surface area contributed by atoms with Crippen LogP contribution in [0.3, 0.4) is 0 Å². The molecule has 0 saturated carbocycles. The Hall–Kier alpha value is -8.13. The highest BCUT2D eigenvalue weighted by molar-refractivity contribution is 6.12. The average Bonchev–Trinajstić information content (AvgIpc) is 3.81. The molecule has 338 valence electrons. The molecule has 5 nitrogen and oxygen atoms in total. The fourth-order valence-corrected chi connectivity index (χ4v) is 8.57. The molecular formula is C51H25F12N5. The Morgan fingerprint density at radius 1 is 0.382 bits per heavy atom. The number of hydrogen-bond acceptors (Lipinski definition) is 3. The maximum atomic E-state index is 14.3. The molecule has 10 rings (SSSR count). The first-order valence-corrected chi connectivity index (χ1v) is 20.2. The van der Waals surface area contributed by atoms with Gasteiger partial charge in [0.05, 0.1) is 78.7 Å². The van der Waals surface area contributed by atoms with E-state index in [4.69, 9.17) is 9.97 Å². The van der Waals surface area contributed by atoms with Crippen LogP contribution in [0.5, 0.6) is 0 Å². The number of halogens is 12. The zero-order valence-electron chi connectivity index (χ0n) is 34.2. The van der Waals surface area contributed by atoms with Gasteiger partial charge in [-0.25, -0.2) is 9.97 Å². The lowest BCUT2D eigenvalue weighted by Gasteiger charge is -2.20. The molecule has 0 saturated heterocycles. The second kappa shape index (κ2) is 15.5. The molecule has 7 aromatic carbocycles. The van der Waals surface area contributed by atoms with Crippen LogP contribution in [-0.2, 0) is 24.7 Å². The van der Waals surface area contributed by atoms with E-state index in [1.165, 1.54) is 21.3 Å². The molecule has 0 aliphatic carbocycles. The minimum atomic E-state index is -4.94. The second-order valence-corrected chi connectivity index (χ2v) is 15.8. The predicted octanol–water partition coefficient (Wildman–Crippen LogP) is 15.6. The minimum absolute atomic E-state index is 0.0572. The van der Waals surface area contributed by atoms with Crippen LogP contribution in [0, 0.1) is 11.3 Å². The standard InChI is InChI=1S/C51H25F12N5/c52-48(53,54)30-11-15-41-35(20-30)36-21-31(49(55,56)57)12-16-42(36)67(41)45-19-29(26-64)34(40-25-39(27-7-3-1-4-8-27)65-47(66-40)28-9-5-2-6-10-28)24-46(45)68-43-17-13-32(50(58,59)60)22-37(43)38-23-33(51(61,62)63)14-18-44(38)68/h1-25H. The first kappa shape index (κ1) is 43.7. The number of rotatable bonds is 5. The Bertz CT molecular complexity index is 3490. The van der Waals surface area contributed by atoms with Gasteiger partial charge in [0.25, 0.3) is 0 Å². The van der Waals surface area contributed by atoms with E-state index in [-0.39, 0.29) is 77.6 Å². The van der Waals surface area contributed by atoms with Gasteiger partial charge in [-0.3, -0.25) is 0 Å². The van der Waals surface area contributed by atoms with E-state index in [1.54, 1.807) is 66.7 Å². The number of nitriles is 1. The zero-order valence-corrected chi connectivity index (χ0v) is 34.2. The molecule has 0 fully saturated rings. The molecule has 17 heteroatoms. The maximum Gasteiger partial charge on any atom is 0.416 e. The highest BCUT2D eigenvalue weighted by atomic mass is 19.4. The monoisotopic (exact) mass is 935 g/mol. The van der Waals surface area contributed by atoms with E-state index in [1.807, 2.05) is 0 Å². The largest absolute Gasteiger partial charge is 0.416 e. The number of alkyl halides is 12. The zero-order chi connectivity index (χ0) is 48.1. The molecule has 0 radical (unpaired) electrons. The van der Waals surface area contributed by atoms with Crippen molar-refractivity contribution >= 4 is 43.6 Å². The van der Waals surface area contributed by atoms with Gasteiger partial charge >= 0.3 is 24.7 Å². The summed E-state index contributed by atoms with van der Waals surface area (Å²) >= 11 is 0. The van der Waals surface area contributed by atoms with Gasteiger partial charge in [0.2, 0.25) is 0 Å². The molecule has 3 heterocycles. The number of benzene rings is 7. The van der Waals surface area contributed by atoms with Crippen molar-refractivity contribution in [2.75, 3.05) is 0 Å². The molecule has 0 unspecified atom stereocenters. The molecule has 0 spiro atoms. The SMILES string of the molecule is N#Cc1cc(-n2c3ccc(C(F)(F)F)cc3c3cc(C(F)(F)F)ccc32)c(-n2c3ccc(C(F)(F)F)cc3c3cc(C(F)(F)F)ccc32)cc1-c1cc(-c2ccccc2)nc(-c2ccccc2)n1. The van der Waals surface area contributed by atoms with Crippen molar-refractivity contribution in [2.45, 2.75) is 24.7 Å². The third-order valence-corrected chi connectivity index (χ3v) is 11.7. The van der Waals surface area contributed by atoms with Crippen LogP contribution in [0.4, 0.5) is 52.7 Å². The molecule has 0 aliphatic heterocycles. The van der Waals surface area contributed by atoms with E-state index >= 15 is 0 Å². The van der Waals surface area contributed by atoms with Gasteiger partial charge < -0.3 is 9.13 Å². The molecule has 68 heavy (non-hydrogen) atoms. The summed E-state index contributed by atoms with van der Waals surface area (Å²) in [6, 6.07) is 33.9. The van der Waals surface area contributed by atoms with Crippen LogP contribution in [0.2, 0.25) is 0 Å². The molecular weight excluding hydrogens is 911 g/mol. The first-order valence-electron chi connectivity index (χ1n) is 20.2. The van der Waals surface area contributed by atoms with Gasteiger partial charge in [-0.1, -0.05) is 60.7 Å². The molecule has 0 amide bonds. The topological polar surface area (TPSA) is 59.4 Å². The summed E-state index contributed by atoms with van der Waals surface area (Å²) in [5.74, 6) is 0.205. The van der Waals surface area contributed by atoms with E-state index in [2.05, 4.69) is 6.07 Å². The Morgan fingerprint density at radius 2 is 0.735 bits per heavy atom.